The highest BCUT2D eigenvalue weighted by Gasteiger charge is 2.23. The van der Waals surface area contributed by atoms with Crippen LogP contribution in [0.4, 0.5) is 5.69 Å². The van der Waals surface area contributed by atoms with Gasteiger partial charge in [0.15, 0.2) is 5.69 Å². The van der Waals surface area contributed by atoms with E-state index in [0.717, 1.165) is 16.9 Å². The molecular formula is C22H22N4O2. The van der Waals surface area contributed by atoms with E-state index >= 15 is 0 Å². The quantitative estimate of drug-likeness (QED) is 0.735. The third-order valence-electron chi connectivity index (χ3n) is 4.99. The largest absolute Gasteiger partial charge is 0.355 e. The van der Waals surface area contributed by atoms with Crippen LogP contribution >= 0.6 is 0 Å². The Morgan fingerprint density at radius 2 is 1.93 bits per heavy atom. The van der Waals surface area contributed by atoms with Gasteiger partial charge in [0.25, 0.3) is 5.91 Å². The van der Waals surface area contributed by atoms with Gasteiger partial charge in [0.1, 0.15) is 0 Å². The van der Waals surface area contributed by atoms with Gasteiger partial charge in [-0.05, 0) is 49.7 Å². The van der Waals surface area contributed by atoms with Crippen LogP contribution in [0.3, 0.4) is 0 Å². The third-order valence-corrected chi connectivity index (χ3v) is 4.99. The van der Waals surface area contributed by atoms with Crippen LogP contribution in [0.25, 0.3) is 5.69 Å². The standard InChI is InChI=1S/C22H22N4O2/c1-14-6-8-19(9-7-14)26-15(2)10-20(25-26)22(28)24-18-5-3-4-16(11-18)17-12-21(27)23-13-17/h3-11,17H,12-13H2,1-2H3,(H,23,27)(H,24,28)/t17-/m0/s1. The Morgan fingerprint density at radius 3 is 2.64 bits per heavy atom. The van der Waals surface area contributed by atoms with E-state index in [0.29, 0.717) is 24.3 Å². The highest BCUT2D eigenvalue weighted by atomic mass is 16.2. The second-order valence-electron chi connectivity index (χ2n) is 7.20. The van der Waals surface area contributed by atoms with Crippen molar-refractivity contribution < 1.29 is 9.59 Å². The Kier molecular flexibility index (Phi) is 4.69. The Bertz CT molecular complexity index is 1040. The lowest BCUT2D eigenvalue weighted by Gasteiger charge is -2.10. The van der Waals surface area contributed by atoms with Crippen molar-refractivity contribution in [2.45, 2.75) is 26.2 Å². The molecule has 2 N–H and O–H groups in total. The molecule has 1 aliphatic heterocycles. The van der Waals surface area contributed by atoms with Gasteiger partial charge in [0.05, 0.1) is 5.69 Å². The van der Waals surface area contributed by atoms with Crippen molar-refractivity contribution in [2.75, 3.05) is 11.9 Å². The average molecular weight is 374 g/mol. The van der Waals surface area contributed by atoms with Crippen molar-refractivity contribution >= 4 is 17.5 Å². The molecule has 6 nitrogen and oxygen atoms in total. The summed E-state index contributed by atoms with van der Waals surface area (Å²) in [5.41, 5.74) is 5.08. The molecule has 1 aliphatic rings. The average Bonchev–Trinajstić information content (AvgIpc) is 3.29. The van der Waals surface area contributed by atoms with Crippen molar-refractivity contribution in [1.82, 2.24) is 15.1 Å². The van der Waals surface area contributed by atoms with Crippen molar-refractivity contribution in [2.24, 2.45) is 0 Å². The number of hydrogen-bond donors (Lipinski definition) is 2. The Labute approximate surface area is 163 Å². The molecule has 142 valence electrons. The predicted octanol–water partition coefficient (Wildman–Crippen LogP) is 3.34. The van der Waals surface area contributed by atoms with Crippen LogP contribution in [0.5, 0.6) is 0 Å². The lowest BCUT2D eigenvalue weighted by atomic mass is 9.98. The number of benzene rings is 2. The molecule has 4 rings (SSSR count). The van der Waals surface area contributed by atoms with Crippen LogP contribution < -0.4 is 10.6 Å². The van der Waals surface area contributed by atoms with Gasteiger partial charge in [-0.1, -0.05) is 29.8 Å². The molecular weight excluding hydrogens is 352 g/mol. The van der Waals surface area contributed by atoms with E-state index < -0.39 is 0 Å². The molecule has 0 aliphatic carbocycles. The number of aromatic nitrogens is 2. The Balaban J connectivity index is 1.52. The first-order chi connectivity index (χ1) is 13.5. The summed E-state index contributed by atoms with van der Waals surface area (Å²) in [5.74, 6) is -0.0457. The lowest BCUT2D eigenvalue weighted by molar-refractivity contribution is -0.119. The van der Waals surface area contributed by atoms with Gasteiger partial charge in [0.2, 0.25) is 5.91 Å². The van der Waals surface area contributed by atoms with Crippen LogP contribution in [0.1, 0.15) is 39.6 Å². The number of carbonyl (C=O) groups excluding carboxylic acids is 2. The maximum atomic E-state index is 12.7. The molecule has 2 amide bonds. The summed E-state index contributed by atoms with van der Waals surface area (Å²) in [6.07, 6.45) is 0.484. The molecule has 6 heteroatoms. The second-order valence-corrected chi connectivity index (χ2v) is 7.20. The molecule has 1 atom stereocenters. The zero-order valence-corrected chi connectivity index (χ0v) is 15.9. The van der Waals surface area contributed by atoms with E-state index in [1.54, 1.807) is 10.7 Å². The number of nitrogens with one attached hydrogen (secondary N) is 2. The van der Waals surface area contributed by atoms with Gasteiger partial charge in [-0.25, -0.2) is 4.68 Å². The Hall–Kier alpha value is -3.41. The Morgan fingerprint density at radius 1 is 1.14 bits per heavy atom. The number of amides is 2. The van der Waals surface area contributed by atoms with Crippen LogP contribution in [0, 0.1) is 13.8 Å². The maximum absolute atomic E-state index is 12.7. The molecule has 0 radical (unpaired) electrons. The topological polar surface area (TPSA) is 76.0 Å². The molecule has 2 heterocycles. The third kappa shape index (κ3) is 3.67. The van der Waals surface area contributed by atoms with E-state index in [-0.39, 0.29) is 17.7 Å². The fourth-order valence-corrected chi connectivity index (χ4v) is 3.44. The zero-order chi connectivity index (χ0) is 19.7. The summed E-state index contributed by atoms with van der Waals surface area (Å²) >= 11 is 0. The summed E-state index contributed by atoms with van der Waals surface area (Å²) in [5, 5.41) is 10.2. The highest BCUT2D eigenvalue weighted by Crippen LogP contribution is 2.25. The van der Waals surface area contributed by atoms with Crippen LogP contribution in [-0.2, 0) is 4.79 Å². The number of anilines is 1. The molecule has 0 unspecified atom stereocenters. The maximum Gasteiger partial charge on any atom is 0.276 e. The summed E-state index contributed by atoms with van der Waals surface area (Å²) in [6.45, 7) is 4.59. The van der Waals surface area contributed by atoms with Gasteiger partial charge < -0.3 is 10.6 Å². The number of carbonyl (C=O) groups is 2. The monoisotopic (exact) mass is 374 g/mol. The van der Waals surface area contributed by atoms with E-state index in [1.165, 1.54) is 5.56 Å². The predicted molar refractivity (Wildman–Crippen MR) is 108 cm³/mol. The minimum atomic E-state index is -0.258. The first-order valence-electron chi connectivity index (χ1n) is 9.31. The smallest absolute Gasteiger partial charge is 0.276 e. The molecule has 1 aromatic heterocycles. The molecule has 1 fully saturated rings. The fraction of sp³-hybridized carbons (Fsp3) is 0.227. The summed E-state index contributed by atoms with van der Waals surface area (Å²) in [7, 11) is 0. The minimum Gasteiger partial charge on any atom is -0.355 e. The van der Waals surface area contributed by atoms with Gasteiger partial charge >= 0.3 is 0 Å². The molecule has 2 aromatic carbocycles. The van der Waals surface area contributed by atoms with Crippen LogP contribution in [-0.4, -0.2) is 28.1 Å². The number of aryl methyl sites for hydroxylation is 2. The normalized spacial score (nSPS) is 16.1. The SMILES string of the molecule is Cc1ccc(-n2nc(C(=O)Nc3cccc([C@@H]4CNC(=O)C4)c3)cc2C)cc1. The molecule has 0 saturated carbocycles. The van der Waals surface area contributed by atoms with Crippen LogP contribution in [0.15, 0.2) is 54.6 Å². The second kappa shape index (κ2) is 7.31. The first kappa shape index (κ1) is 18.0. The molecule has 28 heavy (non-hydrogen) atoms. The van der Waals surface area contributed by atoms with Gasteiger partial charge in [-0.3, -0.25) is 9.59 Å². The van der Waals surface area contributed by atoms with Gasteiger partial charge in [-0.2, -0.15) is 5.10 Å². The zero-order valence-electron chi connectivity index (χ0n) is 15.9. The highest BCUT2D eigenvalue weighted by molar-refractivity contribution is 6.03. The number of hydrogen-bond acceptors (Lipinski definition) is 3. The molecule has 1 saturated heterocycles. The summed E-state index contributed by atoms with van der Waals surface area (Å²) in [6, 6.07) is 17.4. The van der Waals surface area contributed by atoms with Gasteiger partial charge in [0, 0.05) is 30.3 Å². The summed E-state index contributed by atoms with van der Waals surface area (Å²) < 4.78 is 1.76. The number of rotatable bonds is 4. The van der Waals surface area contributed by atoms with Crippen LogP contribution in [0.2, 0.25) is 0 Å². The van der Waals surface area contributed by atoms with Gasteiger partial charge in [-0.15, -0.1) is 0 Å². The minimum absolute atomic E-state index is 0.0663. The van der Waals surface area contributed by atoms with E-state index in [4.69, 9.17) is 0 Å². The molecule has 3 aromatic rings. The summed E-state index contributed by atoms with van der Waals surface area (Å²) in [4.78, 5) is 24.1. The fourth-order valence-electron chi connectivity index (χ4n) is 3.44. The first-order valence-corrected chi connectivity index (χ1v) is 9.31. The van der Waals surface area contributed by atoms with Crippen molar-refractivity contribution in [1.29, 1.82) is 0 Å². The van der Waals surface area contributed by atoms with E-state index in [2.05, 4.69) is 15.7 Å². The van der Waals surface area contributed by atoms with E-state index in [9.17, 15) is 9.59 Å². The molecule has 0 spiro atoms. The van der Waals surface area contributed by atoms with Crippen molar-refractivity contribution in [3.8, 4) is 5.69 Å². The van der Waals surface area contributed by atoms with Crippen molar-refractivity contribution in [3.05, 3.63) is 77.1 Å². The number of nitrogens with zero attached hydrogens (tertiary/aromatic N) is 2. The lowest BCUT2D eigenvalue weighted by Crippen LogP contribution is -2.14. The van der Waals surface area contributed by atoms with E-state index in [1.807, 2.05) is 62.4 Å². The van der Waals surface area contributed by atoms with Crippen molar-refractivity contribution in [3.63, 3.8) is 0 Å². The molecule has 0 bridgehead atoms.